The Hall–Kier alpha value is -2.05. The first-order valence-electron chi connectivity index (χ1n) is 8.04. The summed E-state index contributed by atoms with van der Waals surface area (Å²) in [5.41, 5.74) is -0.927. The van der Waals surface area contributed by atoms with Gasteiger partial charge in [0.2, 0.25) is 5.91 Å². The zero-order valence-corrected chi connectivity index (χ0v) is 13.7. The molecular weight excluding hydrogens is 321 g/mol. The SMILES string of the molecule is CC(C)NC(=O)[C@H]1CCC[C@H](NC(=O)c2c(F)ccc(F)c2F)C1. The van der Waals surface area contributed by atoms with Gasteiger partial charge in [0.15, 0.2) is 11.6 Å². The van der Waals surface area contributed by atoms with E-state index in [4.69, 9.17) is 0 Å². The lowest BCUT2D eigenvalue weighted by molar-refractivity contribution is -0.126. The quantitative estimate of drug-likeness (QED) is 0.827. The van der Waals surface area contributed by atoms with E-state index in [1.165, 1.54) is 0 Å². The van der Waals surface area contributed by atoms with Crippen molar-refractivity contribution in [1.29, 1.82) is 0 Å². The highest BCUT2D eigenvalue weighted by atomic mass is 19.2. The van der Waals surface area contributed by atoms with Gasteiger partial charge in [0.25, 0.3) is 5.91 Å². The number of carbonyl (C=O) groups excluding carboxylic acids is 2. The maximum absolute atomic E-state index is 13.7. The molecule has 1 fully saturated rings. The van der Waals surface area contributed by atoms with Crippen molar-refractivity contribution in [3.05, 3.63) is 35.1 Å². The van der Waals surface area contributed by atoms with Crippen LogP contribution < -0.4 is 10.6 Å². The van der Waals surface area contributed by atoms with E-state index in [1.807, 2.05) is 13.8 Å². The molecule has 2 rings (SSSR count). The van der Waals surface area contributed by atoms with E-state index < -0.39 is 28.9 Å². The number of hydrogen-bond donors (Lipinski definition) is 2. The molecule has 1 aliphatic rings. The summed E-state index contributed by atoms with van der Waals surface area (Å²) in [6.45, 7) is 3.71. The van der Waals surface area contributed by atoms with Gasteiger partial charge in [-0.25, -0.2) is 13.2 Å². The highest BCUT2D eigenvalue weighted by Gasteiger charge is 2.30. The minimum atomic E-state index is -1.50. The molecule has 0 radical (unpaired) electrons. The summed E-state index contributed by atoms with van der Waals surface area (Å²) in [6.07, 6.45) is 2.42. The normalized spacial score (nSPS) is 20.8. The molecule has 2 amide bonds. The van der Waals surface area contributed by atoms with Crippen LogP contribution in [0.3, 0.4) is 0 Å². The summed E-state index contributed by atoms with van der Waals surface area (Å²) in [7, 11) is 0. The summed E-state index contributed by atoms with van der Waals surface area (Å²) in [6, 6.07) is 0.987. The molecule has 2 N–H and O–H groups in total. The Bertz CT molecular complexity index is 635. The third-order valence-electron chi connectivity index (χ3n) is 4.08. The molecule has 0 heterocycles. The average molecular weight is 342 g/mol. The van der Waals surface area contributed by atoms with Crippen molar-refractivity contribution in [2.75, 3.05) is 0 Å². The van der Waals surface area contributed by atoms with Gasteiger partial charge in [-0.3, -0.25) is 9.59 Å². The first kappa shape index (κ1) is 18.3. The number of carbonyl (C=O) groups is 2. The Labute approximate surface area is 138 Å². The molecule has 0 bridgehead atoms. The van der Waals surface area contributed by atoms with Gasteiger partial charge in [-0.2, -0.15) is 0 Å². The minimum absolute atomic E-state index is 0.0166. The third kappa shape index (κ3) is 4.27. The standard InChI is InChI=1S/C17H21F3N2O2/c1-9(2)21-16(23)10-4-3-5-11(8-10)22-17(24)14-12(18)6-7-13(19)15(14)20/h6-7,9-11H,3-5,8H2,1-2H3,(H,21,23)(H,22,24)/t10-,11-/m0/s1. The summed E-state index contributed by atoms with van der Waals surface area (Å²) in [4.78, 5) is 24.2. The predicted octanol–water partition coefficient (Wildman–Crippen LogP) is 2.92. The molecule has 1 aromatic rings. The van der Waals surface area contributed by atoms with E-state index in [0.29, 0.717) is 31.4 Å². The van der Waals surface area contributed by atoms with Crippen LogP contribution in [-0.2, 0) is 4.79 Å². The van der Waals surface area contributed by atoms with Crippen LogP contribution in [-0.4, -0.2) is 23.9 Å². The van der Waals surface area contributed by atoms with Gasteiger partial charge in [-0.1, -0.05) is 6.42 Å². The topological polar surface area (TPSA) is 58.2 Å². The molecule has 2 atom stereocenters. The summed E-state index contributed by atoms with van der Waals surface area (Å²) >= 11 is 0. The molecule has 0 aromatic heterocycles. The van der Waals surface area contributed by atoms with Crippen LogP contribution in [0.4, 0.5) is 13.2 Å². The molecule has 132 valence electrons. The number of halogens is 3. The molecule has 7 heteroatoms. The number of benzene rings is 1. The first-order valence-corrected chi connectivity index (χ1v) is 8.04. The van der Waals surface area contributed by atoms with Crippen LogP contribution in [0.5, 0.6) is 0 Å². The number of hydrogen-bond acceptors (Lipinski definition) is 2. The maximum Gasteiger partial charge on any atom is 0.257 e. The van der Waals surface area contributed by atoms with Crippen LogP contribution >= 0.6 is 0 Å². The fourth-order valence-corrected chi connectivity index (χ4v) is 2.95. The molecule has 4 nitrogen and oxygen atoms in total. The highest BCUT2D eigenvalue weighted by molar-refractivity contribution is 5.95. The molecule has 0 saturated heterocycles. The number of amides is 2. The van der Waals surface area contributed by atoms with E-state index in [2.05, 4.69) is 10.6 Å². The monoisotopic (exact) mass is 342 g/mol. The van der Waals surface area contributed by atoms with Crippen molar-refractivity contribution in [2.45, 2.75) is 51.6 Å². The highest BCUT2D eigenvalue weighted by Crippen LogP contribution is 2.25. The summed E-state index contributed by atoms with van der Waals surface area (Å²) in [5.74, 6) is -5.24. The number of rotatable bonds is 4. The molecule has 0 aliphatic heterocycles. The second-order valence-electron chi connectivity index (χ2n) is 6.42. The Morgan fingerprint density at radius 2 is 1.79 bits per heavy atom. The Kier molecular flexibility index (Phi) is 5.85. The van der Waals surface area contributed by atoms with E-state index in [1.54, 1.807) is 0 Å². The Balaban J connectivity index is 2.04. The molecule has 1 aliphatic carbocycles. The minimum Gasteiger partial charge on any atom is -0.354 e. The lowest BCUT2D eigenvalue weighted by Crippen LogP contribution is -2.44. The summed E-state index contributed by atoms with van der Waals surface area (Å²) < 4.78 is 40.5. The lowest BCUT2D eigenvalue weighted by atomic mass is 9.85. The third-order valence-corrected chi connectivity index (χ3v) is 4.08. The van der Waals surface area contributed by atoms with Crippen molar-refractivity contribution in [3.8, 4) is 0 Å². The molecule has 1 aromatic carbocycles. The molecule has 1 saturated carbocycles. The van der Waals surface area contributed by atoms with Crippen LogP contribution in [0, 0.1) is 23.4 Å². The van der Waals surface area contributed by atoms with Crippen LogP contribution in [0.15, 0.2) is 12.1 Å². The van der Waals surface area contributed by atoms with Crippen molar-refractivity contribution < 1.29 is 22.8 Å². The maximum atomic E-state index is 13.7. The van der Waals surface area contributed by atoms with Crippen LogP contribution in [0.25, 0.3) is 0 Å². The lowest BCUT2D eigenvalue weighted by Gasteiger charge is -2.29. The van der Waals surface area contributed by atoms with Gasteiger partial charge in [-0.15, -0.1) is 0 Å². The summed E-state index contributed by atoms with van der Waals surface area (Å²) in [5, 5.41) is 5.34. The fraction of sp³-hybridized carbons (Fsp3) is 0.529. The Morgan fingerprint density at radius 1 is 1.12 bits per heavy atom. The molecule has 0 unspecified atom stereocenters. The van der Waals surface area contributed by atoms with E-state index >= 15 is 0 Å². The number of nitrogens with one attached hydrogen (secondary N) is 2. The first-order chi connectivity index (χ1) is 11.3. The second-order valence-corrected chi connectivity index (χ2v) is 6.42. The van der Waals surface area contributed by atoms with Crippen molar-refractivity contribution in [1.82, 2.24) is 10.6 Å². The van der Waals surface area contributed by atoms with Crippen molar-refractivity contribution >= 4 is 11.8 Å². The average Bonchev–Trinajstić information content (AvgIpc) is 2.51. The van der Waals surface area contributed by atoms with Gasteiger partial charge in [0, 0.05) is 18.0 Å². The zero-order valence-electron chi connectivity index (χ0n) is 13.7. The van der Waals surface area contributed by atoms with E-state index in [-0.39, 0.29) is 23.9 Å². The van der Waals surface area contributed by atoms with Gasteiger partial charge in [0.1, 0.15) is 11.4 Å². The fourth-order valence-electron chi connectivity index (χ4n) is 2.95. The van der Waals surface area contributed by atoms with Gasteiger partial charge < -0.3 is 10.6 Å². The van der Waals surface area contributed by atoms with Gasteiger partial charge in [-0.05, 0) is 45.2 Å². The van der Waals surface area contributed by atoms with E-state index in [9.17, 15) is 22.8 Å². The van der Waals surface area contributed by atoms with Crippen molar-refractivity contribution in [2.24, 2.45) is 5.92 Å². The molecule has 24 heavy (non-hydrogen) atoms. The van der Waals surface area contributed by atoms with Gasteiger partial charge in [0.05, 0.1) is 0 Å². The second kappa shape index (κ2) is 7.68. The van der Waals surface area contributed by atoms with E-state index in [0.717, 1.165) is 6.42 Å². The van der Waals surface area contributed by atoms with Crippen molar-refractivity contribution in [3.63, 3.8) is 0 Å². The van der Waals surface area contributed by atoms with Crippen LogP contribution in [0.2, 0.25) is 0 Å². The smallest absolute Gasteiger partial charge is 0.257 e. The predicted molar refractivity (Wildman–Crippen MR) is 82.8 cm³/mol. The van der Waals surface area contributed by atoms with Gasteiger partial charge >= 0.3 is 0 Å². The zero-order chi connectivity index (χ0) is 17.9. The Morgan fingerprint density at radius 3 is 2.46 bits per heavy atom. The molecular formula is C17H21F3N2O2. The largest absolute Gasteiger partial charge is 0.354 e. The molecule has 0 spiro atoms. The van der Waals surface area contributed by atoms with Crippen LogP contribution in [0.1, 0.15) is 49.9 Å².